The first-order valence-electron chi connectivity index (χ1n) is 8.74. The van der Waals surface area contributed by atoms with Crippen molar-refractivity contribution in [3.8, 4) is 22.3 Å². The zero-order valence-corrected chi connectivity index (χ0v) is 15.1. The highest BCUT2D eigenvalue weighted by Gasteiger charge is 2.39. The molecule has 0 N–H and O–H groups in total. The van der Waals surface area contributed by atoms with Gasteiger partial charge in [0.05, 0.1) is 0 Å². The number of fused-ring (bicyclic) bond motifs is 3. The zero-order chi connectivity index (χ0) is 17.6. The van der Waals surface area contributed by atoms with Crippen LogP contribution in [-0.2, 0) is 4.57 Å². The second-order valence-corrected chi connectivity index (χ2v) is 9.26. The van der Waals surface area contributed by atoms with Gasteiger partial charge in [-0.05, 0) is 34.4 Å². The molecule has 4 aromatic carbocycles. The fraction of sp³-hybridized carbons (Fsp3) is 0. The molecule has 0 spiro atoms. The number of hydrogen-bond donors (Lipinski definition) is 0. The molecule has 0 aromatic heterocycles. The number of rotatable bonds is 2. The Kier molecular flexibility index (Phi) is 3.45. The van der Waals surface area contributed by atoms with E-state index in [2.05, 4.69) is 36.4 Å². The van der Waals surface area contributed by atoms with E-state index in [0.29, 0.717) is 0 Å². The van der Waals surface area contributed by atoms with Crippen LogP contribution in [0.5, 0.6) is 0 Å². The van der Waals surface area contributed by atoms with Crippen molar-refractivity contribution in [3.05, 3.63) is 103 Å². The topological polar surface area (TPSA) is 17.1 Å². The summed E-state index contributed by atoms with van der Waals surface area (Å²) in [7, 11) is -2.81. The molecule has 1 aliphatic rings. The molecule has 1 unspecified atom stereocenters. The zero-order valence-electron chi connectivity index (χ0n) is 14.2. The van der Waals surface area contributed by atoms with Crippen LogP contribution in [0.1, 0.15) is 0 Å². The highest BCUT2D eigenvalue weighted by Crippen LogP contribution is 2.52. The third kappa shape index (κ3) is 2.14. The molecule has 5 rings (SSSR count). The lowest BCUT2D eigenvalue weighted by Crippen LogP contribution is -2.20. The quantitative estimate of drug-likeness (QED) is 0.410. The maximum absolute atomic E-state index is 14.3. The predicted octanol–water partition coefficient (Wildman–Crippen LogP) is 4.97. The fourth-order valence-electron chi connectivity index (χ4n) is 3.86. The minimum absolute atomic E-state index is 0.902. The van der Waals surface area contributed by atoms with E-state index in [-0.39, 0.29) is 0 Å². The van der Waals surface area contributed by atoms with E-state index in [1.165, 1.54) is 5.56 Å². The van der Waals surface area contributed by atoms with Crippen LogP contribution in [0, 0.1) is 0 Å². The summed E-state index contributed by atoms with van der Waals surface area (Å²) in [5, 5.41) is 2.80. The molecular formula is C24H17OP. The van der Waals surface area contributed by atoms with Gasteiger partial charge in [0.1, 0.15) is 0 Å². The predicted molar refractivity (Wildman–Crippen MR) is 110 cm³/mol. The minimum atomic E-state index is -2.81. The van der Waals surface area contributed by atoms with Crippen molar-refractivity contribution in [1.82, 2.24) is 0 Å². The van der Waals surface area contributed by atoms with Gasteiger partial charge in [0.2, 0.25) is 0 Å². The molecule has 0 fully saturated rings. The number of benzene rings is 4. The van der Waals surface area contributed by atoms with Crippen molar-refractivity contribution in [2.45, 2.75) is 0 Å². The summed E-state index contributed by atoms with van der Waals surface area (Å²) in [6.07, 6.45) is 0. The molecule has 4 aromatic rings. The van der Waals surface area contributed by atoms with Crippen molar-refractivity contribution in [3.63, 3.8) is 0 Å². The third-order valence-corrected chi connectivity index (χ3v) is 8.26. The molecule has 0 amide bonds. The normalized spacial score (nSPS) is 17.5. The van der Waals surface area contributed by atoms with Crippen LogP contribution in [0.25, 0.3) is 22.3 Å². The summed E-state index contributed by atoms with van der Waals surface area (Å²) >= 11 is 0. The van der Waals surface area contributed by atoms with Crippen molar-refractivity contribution >= 4 is 23.1 Å². The van der Waals surface area contributed by atoms with Crippen LogP contribution in [-0.4, -0.2) is 0 Å². The summed E-state index contributed by atoms with van der Waals surface area (Å²) in [5.41, 5.74) is 4.51. The van der Waals surface area contributed by atoms with Gasteiger partial charge in [0.15, 0.2) is 7.14 Å². The van der Waals surface area contributed by atoms with E-state index in [9.17, 15) is 4.57 Å². The van der Waals surface area contributed by atoms with Gasteiger partial charge in [0, 0.05) is 15.9 Å². The van der Waals surface area contributed by atoms with Crippen LogP contribution < -0.4 is 15.9 Å². The Morgan fingerprint density at radius 3 is 1.88 bits per heavy atom. The molecule has 0 saturated heterocycles. The van der Waals surface area contributed by atoms with E-state index < -0.39 is 7.14 Å². The lowest BCUT2D eigenvalue weighted by Gasteiger charge is -2.15. The second kappa shape index (κ2) is 5.83. The first kappa shape index (κ1) is 15.4. The Bertz CT molecular complexity index is 1150. The molecule has 1 aliphatic heterocycles. The average molecular weight is 352 g/mol. The van der Waals surface area contributed by atoms with Crippen LogP contribution in [0.4, 0.5) is 0 Å². The van der Waals surface area contributed by atoms with Gasteiger partial charge in [-0.25, -0.2) is 0 Å². The minimum Gasteiger partial charge on any atom is -0.309 e. The molecule has 124 valence electrons. The molecule has 2 heteroatoms. The molecule has 0 saturated carbocycles. The van der Waals surface area contributed by atoms with E-state index >= 15 is 0 Å². The first-order chi connectivity index (χ1) is 12.8. The molecule has 1 atom stereocenters. The second-order valence-electron chi connectivity index (χ2n) is 6.56. The lowest BCUT2D eigenvalue weighted by atomic mass is 9.99. The van der Waals surface area contributed by atoms with E-state index in [4.69, 9.17) is 0 Å². The maximum atomic E-state index is 14.3. The smallest absolute Gasteiger partial charge is 0.172 e. The molecule has 0 radical (unpaired) electrons. The van der Waals surface area contributed by atoms with E-state index in [0.717, 1.165) is 32.6 Å². The fourth-order valence-corrected chi connectivity index (χ4v) is 6.91. The molecule has 1 nitrogen and oxygen atoms in total. The molecule has 1 heterocycles. The van der Waals surface area contributed by atoms with Crippen LogP contribution in [0.2, 0.25) is 0 Å². The Balaban J connectivity index is 1.80. The summed E-state index contributed by atoms with van der Waals surface area (Å²) in [4.78, 5) is 0. The standard InChI is InChI=1S/C24H17OP/c25-26(20-11-5-2-6-12-20)23-14-8-7-13-21(23)22-17-19(15-16-24(22)26)18-9-3-1-4-10-18/h1-17H. The van der Waals surface area contributed by atoms with E-state index in [1.807, 2.05) is 66.7 Å². The van der Waals surface area contributed by atoms with Gasteiger partial charge in [-0.2, -0.15) is 0 Å². The van der Waals surface area contributed by atoms with Crippen LogP contribution in [0.15, 0.2) is 103 Å². The Labute approximate surface area is 153 Å². The molecule has 0 bridgehead atoms. The van der Waals surface area contributed by atoms with Gasteiger partial charge in [0.25, 0.3) is 0 Å². The maximum Gasteiger partial charge on any atom is 0.172 e. The lowest BCUT2D eigenvalue weighted by molar-refractivity contribution is 0.593. The van der Waals surface area contributed by atoms with Crippen LogP contribution in [0.3, 0.4) is 0 Å². The number of hydrogen-bond acceptors (Lipinski definition) is 1. The van der Waals surface area contributed by atoms with Crippen molar-refractivity contribution in [1.29, 1.82) is 0 Å². The first-order valence-corrected chi connectivity index (χ1v) is 10.4. The van der Waals surface area contributed by atoms with Crippen LogP contribution >= 0.6 is 7.14 Å². The van der Waals surface area contributed by atoms with Gasteiger partial charge in [-0.1, -0.05) is 91.0 Å². The Morgan fingerprint density at radius 2 is 1.12 bits per heavy atom. The molecule has 26 heavy (non-hydrogen) atoms. The van der Waals surface area contributed by atoms with Crippen molar-refractivity contribution in [2.24, 2.45) is 0 Å². The van der Waals surface area contributed by atoms with Crippen molar-refractivity contribution < 1.29 is 4.57 Å². The highest BCUT2D eigenvalue weighted by molar-refractivity contribution is 7.86. The Hall–Kier alpha value is -2.89. The van der Waals surface area contributed by atoms with Gasteiger partial charge in [-0.15, -0.1) is 0 Å². The highest BCUT2D eigenvalue weighted by atomic mass is 31.2. The van der Waals surface area contributed by atoms with Crippen molar-refractivity contribution in [2.75, 3.05) is 0 Å². The largest absolute Gasteiger partial charge is 0.309 e. The molecular weight excluding hydrogens is 335 g/mol. The van der Waals surface area contributed by atoms with E-state index in [1.54, 1.807) is 0 Å². The van der Waals surface area contributed by atoms with Gasteiger partial charge >= 0.3 is 0 Å². The SMILES string of the molecule is O=P1(c2ccccc2)c2ccccc2-c2cc(-c3ccccc3)ccc21. The Morgan fingerprint density at radius 1 is 0.500 bits per heavy atom. The summed E-state index contributed by atoms with van der Waals surface area (Å²) in [5.74, 6) is 0. The summed E-state index contributed by atoms with van der Waals surface area (Å²) < 4.78 is 14.3. The summed E-state index contributed by atoms with van der Waals surface area (Å²) in [6, 6.07) is 34.7. The average Bonchev–Trinajstić information content (AvgIpc) is 2.99. The molecule has 0 aliphatic carbocycles. The van der Waals surface area contributed by atoms with Gasteiger partial charge < -0.3 is 4.57 Å². The summed E-state index contributed by atoms with van der Waals surface area (Å²) in [6.45, 7) is 0. The monoisotopic (exact) mass is 352 g/mol. The van der Waals surface area contributed by atoms with Gasteiger partial charge in [-0.3, -0.25) is 0 Å². The third-order valence-electron chi connectivity index (χ3n) is 5.10.